The molecule has 3 nitrogen and oxygen atoms in total. The van der Waals surface area contributed by atoms with Crippen LogP contribution in [0.2, 0.25) is 0 Å². The molecule has 0 saturated heterocycles. The Kier molecular flexibility index (Phi) is 5.46. The lowest BCUT2D eigenvalue weighted by Gasteiger charge is -2.24. The van der Waals surface area contributed by atoms with E-state index in [9.17, 15) is 4.79 Å². The summed E-state index contributed by atoms with van der Waals surface area (Å²) in [6.07, 6.45) is 0.924. The zero-order valence-corrected chi connectivity index (χ0v) is 9.71. The molecule has 3 heteroatoms. The average molecular weight is 198 g/mol. The van der Waals surface area contributed by atoms with Crippen LogP contribution in [-0.2, 0) is 4.79 Å². The van der Waals surface area contributed by atoms with Crippen LogP contribution in [0, 0.1) is 5.92 Å². The molecule has 0 fully saturated rings. The van der Waals surface area contributed by atoms with Gasteiger partial charge in [-0.15, -0.1) is 0 Å². The Bertz CT molecular complexity index is 213. The van der Waals surface area contributed by atoms with Crippen LogP contribution in [0.4, 0.5) is 0 Å². The summed E-state index contributed by atoms with van der Waals surface area (Å²) in [5.74, 6) is 0.234. The molecule has 0 aromatic heterocycles. The van der Waals surface area contributed by atoms with Crippen LogP contribution < -0.4 is 5.73 Å². The first-order valence-electron chi connectivity index (χ1n) is 5.05. The van der Waals surface area contributed by atoms with Gasteiger partial charge in [0.05, 0.1) is 6.04 Å². The minimum Gasteiger partial charge on any atom is -0.340 e. The van der Waals surface area contributed by atoms with E-state index >= 15 is 0 Å². The second-order valence-electron chi connectivity index (χ2n) is 4.06. The first-order chi connectivity index (χ1) is 6.40. The molecule has 0 saturated carbocycles. The molecule has 14 heavy (non-hydrogen) atoms. The maximum Gasteiger partial charge on any atom is 0.239 e. The number of carbonyl (C=O) groups is 1. The first-order valence-corrected chi connectivity index (χ1v) is 5.05. The molecular formula is C11H22N2O. The normalized spacial score (nSPS) is 14.6. The zero-order valence-electron chi connectivity index (χ0n) is 9.71. The number of nitrogens with two attached hydrogens (primary N) is 1. The van der Waals surface area contributed by atoms with Crippen molar-refractivity contribution in [1.82, 2.24) is 4.90 Å². The predicted octanol–water partition coefficient (Wildman–Crippen LogP) is 1.39. The number of carbonyl (C=O) groups excluding carboxylic acids is 1. The van der Waals surface area contributed by atoms with Gasteiger partial charge in [-0.2, -0.15) is 0 Å². The van der Waals surface area contributed by atoms with E-state index < -0.39 is 0 Å². The van der Waals surface area contributed by atoms with Gasteiger partial charge in [-0.3, -0.25) is 4.79 Å². The summed E-state index contributed by atoms with van der Waals surface area (Å²) in [7, 11) is 1.76. The van der Waals surface area contributed by atoms with Crippen molar-refractivity contribution in [3.05, 3.63) is 12.2 Å². The maximum absolute atomic E-state index is 11.7. The van der Waals surface area contributed by atoms with Gasteiger partial charge in [0.15, 0.2) is 0 Å². The van der Waals surface area contributed by atoms with E-state index in [0.29, 0.717) is 6.54 Å². The number of hydrogen-bond acceptors (Lipinski definition) is 2. The van der Waals surface area contributed by atoms with Crippen molar-refractivity contribution in [1.29, 1.82) is 0 Å². The molecule has 1 amide bonds. The van der Waals surface area contributed by atoms with Crippen molar-refractivity contribution in [3.63, 3.8) is 0 Å². The number of likely N-dealkylation sites (N-methyl/N-ethyl adjacent to an activating group) is 1. The van der Waals surface area contributed by atoms with Crippen LogP contribution in [0.25, 0.3) is 0 Å². The largest absolute Gasteiger partial charge is 0.340 e. The van der Waals surface area contributed by atoms with Crippen molar-refractivity contribution >= 4 is 5.91 Å². The van der Waals surface area contributed by atoms with Crippen LogP contribution in [0.1, 0.15) is 27.2 Å². The quantitative estimate of drug-likeness (QED) is 0.679. The number of nitrogens with zero attached hydrogens (tertiary/aromatic N) is 1. The van der Waals surface area contributed by atoms with E-state index in [4.69, 9.17) is 5.73 Å². The Morgan fingerprint density at radius 3 is 2.43 bits per heavy atom. The van der Waals surface area contributed by atoms with E-state index in [2.05, 4.69) is 6.58 Å². The van der Waals surface area contributed by atoms with Crippen molar-refractivity contribution < 1.29 is 4.79 Å². The van der Waals surface area contributed by atoms with Crippen LogP contribution in [-0.4, -0.2) is 30.4 Å². The Hall–Kier alpha value is -0.830. The molecule has 0 bridgehead atoms. The van der Waals surface area contributed by atoms with Crippen LogP contribution in [0.5, 0.6) is 0 Å². The van der Waals surface area contributed by atoms with Gasteiger partial charge in [-0.1, -0.05) is 32.4 Å². The number of rotatable bonds is 5. The van der Waals surface area contributed by atoms with Crippen molar-refractivity contribution in [3.8, 4) is 0 Å². The Morgan fingerprint density at radius 2 is 2.07 bits per heavy atom. The molecule has 0 aliphatic carbocycles. The minimum atomic E-state index is -0.385. The molecule has 0 spiro atoms. The fourth-order valence-corrected chi connectivity index (χ4v) is 1.23. The molecular weight excluding hydrogens is 176 g/mol. The van der Waals surface area contributed by atoms with Gasteiger partial charge in [0.25, 0.3) is 0 Å². The van der Waals surface area contributed by atoms with Crippen LogP contribution in [0.3, 0.4) is 0 Å². The molecule has 82 valence electrons. The predicted molar refractivity (Wildman–Crippen MR) is 59.9 cm³/mol. The van der Waals surface area contributed by atoms with E-state index in [-0.39, 0.29) is 17.9 Å². The van der Waals surface area contributed by atoms with Crippen LogP contribution in [0.15, 0.2) is 12.2 Å². The third-order valence-corrected chi connectivity index (χ3v) is 2.43. The SMILES string of the molecule is C=C(C)CN(C)C(=O)[C@@H](N)[C@@H](C)CC. The Labute approximate surface area is 87.0 Å². The Balaban J connectivity index is 4.23. The van der Waals surface area contributed by atoms with E-state index in [1.807, 2.05) is 20.8 Å². The fraction of sp³-hybridized carbons (Fsp3) is 0.727. The van der Waals surface area contributed by atoms with Gasteiger partial charge in [-0.25, -0.2) is 0 Å². The van der Waals surface area contributed by atoms with Crippen molar-refractivity contribution in [2.75, 3.05) is 13.6 Å². The van der Waals surface area contributed by atoms with Crippen molar-refractivity contribution in [2.24, 2.45) is 11.7 Å². The molecule has 0 aromatic rings. The maximum atomic E-state index is 11.7. The van der Waals surface area contributed by atoms with Gasteiger partial charge in [0.2, 0.25) is 5.91 Å². The Morgan fingerprint density at radius 1 is 1.57 bits per heavy atom. The summed E-state index contributed by atoms with van der Waals surface area (Å²) < 4.78 is 0. The molecule has 2 N–H and O–H groups in total. The second-order valence-corrected chi connectivity index (χ2v) is 4.06. The molecule has 0 aliphatic heterocycles. The highest BCUT2D eigenvalue weighted by atomic mass is 16.2. The standard InChI is InChI=1S/C11H22N2O/c1-6-9(4)10(12)11(14)13(5)7-8(2)3/h9-10H,2,6-7,12H2,1,3-5H3/t9-,10-/m0/s1. The van der Waals surface area contributed by atoms with Gasteiger partial charge in [0.1, 0.15) is 0 Å². The topological polar surface area (TPSA) is 46.3 Å². The van der Waals surface area contributed by atoms with Crippen LogP contribution >= 0.6 is 0 Å². The minimum absolute atomic E-state index is 0.00218. The molecule has 0 unspecified atom stereocenters. The molecule has 0 radical (unpaired) electrons. The third kappa shape index (κ3) is 3.92. The molecule has 0 heterocycles. The number of amides is 1. The van der Waals surface area contributed by atoms with Gasteiger partial charge in [0, 0.05) is 13.6 Å². The number of hydrogen-bond donors (Lipinski definition) is 1. The smallest absolute Gasteiger partial charge is 0.239 e. The first kappa shape index (κ1) is 13.2. The lowest BCUT2D eigenvalue weighted by molar-refractivity contribution is -0.132. The second kappa shape index (κ2) is 5.81. The summed E-state index contributed by atoms with van der Waals surface area (Å²) in [5.41, 5.74) is 6.80. The highest BCUT2D eigenvalue weighted by Gasteiger charge is 2.22. The van der Waals surface area contributed by atoms with Gasteiger partial charge < -0.3 is 10.6 Å². The summed E-state index contributed by atoms with van der Waals surface area (Å²) in [5, 5.41) is 0. The molecule has 0 rings (SSSR count). The summed E-state index contributed by atoms with van der Waals surface area (Å²) in [6, 6.07) is -0.385. The highest BCUT2D eigenvalue weighted by molar-refractivity contribution is 5.81. The van der Waals surface area contributed by atoms with E-state index in [1.165, 1.54) is 0 Å². The van der Waals surface area contributed by atoms with Gasteiger partial charge >= 0.3 is 0 Å². The average Bonchev–Trinajstić information content (AvgIpc) is 2.13. The van der Waals surface area contributed by atoms with Gasteiger partial charge in [-0.05, 0) is 12.8 Å². The monoisotopic (exact) mass is 198 g/mol. The highest BCUT2D eigenvalue weighted by Crippen LogP contribution is 2.08. The summed E-state index contributed by atoms with van der Waals surface area (Å²) in [4.78, 5) is 13.4. The molecule has 2 atom stereocenters. The zero-order chi connectivity index (χ0) is 11.3. The molecule has 0 aromatic carbocycles. The third-order valence-electron chi connectivity index (χ3n) is 2.43. The lowest BCUT2D eigenvalue weighted by Crippen LogP contribution is -2.45. The molecule has 0 aliphatic rings. The van der Waals surface area contributed by atoms with E-state index in [1.54, 1.807) is 11.9 Å². The van der Waals surface area contributed by atoms with E-state index in [0.717, 1.165) is 12.0 Å². The van der Waals surface area contributed by atoms with Crippen molar-refractivity contribution in [2.45, 2.75) is 33.2 Å². The fourth-order valence-electron chi connectivity index (χ4n) is 1.23. The summed E-state index contributed by atoms with van der Waals surface area (Å²) in [6.45, 7) is 10.3. The lowest BCUT2D eigenvalue weighted by atomic mass is 9.99. The summed E-state index contributed by atoms with van der Waals surface area (Å²) >= 11 is 0.